The predicted molar refractivity (Wildman–Crippen MR) is 206 cm³/mol. The summed E-state index contributed by atoms with van der Waals surface area (Å²) in [6.45, 7) is 8.09. The highest BCUT2D eigenvalue weighted by atomic mass is 15.3. The van der Waals surface area contributed by atoms with Gasteiger partial charge in [-0.05, 0) is 81.3 Å². The predicted octanol–water partition coefficient (Wildman–Crippen LogP) is 11.4. The fraction of sp³-hybridized carbons (Fsp3) is 0.0909. The second kappa shape index (κ2) is 12.9. The van der Waals surface area contributed by atoms with E-state index in [4.69, 9.17) is 19.9 Å². The number of nitrogens with zero attached hydrogens (tertiary/aromatic N) is 6. The maximum absolute atomic E-state index is 5.04. The van der Waals surface area contributed by atoms with E-state index in [1.165, 1.54) is 0 Å². The van der Waals surface area contributed by atoms with Crippen LogP contribution in [0.15, 0.2) is 146 Å². The van der Waals surface area contributed by atoms with E-state index in [0.29, 0.717) is 11.9 Å². The Kier molecular flexibility index (Phi) is 7.97. The number of fused-ring (bicyclic) bond motifs is 2. The summed E-state index contributed by atoms with van der Waals surface area (Å²) >= 11 is 0. The highest BCUT2D eigenvalue weighted by Gasteiger charge is 2.28. The van der Waals surface area contributed by atoms with Gasteiger partial charge in [-0.1, -0.05) is 103 Å². The minimum Gasteiger partial charge on any atom is -0.278 e. The van der Waals surface area contributed by atoms with Crippen molar-refractivity contribution in [2.45, 2.75) is 27.7 Å². The fourth-order valence-corrected chi connectivity index (χ4v) is 6.88. The zero-order valence-electron chi connectivity index (χ0n) is 28.5. The van der Waals surface area contributed by atoms with Gasteiger partial charge >= 0.3 is 0 Å². The third kappa shape index (κ3) is 5.71. The quantitative estimate of drug-likeness (QED) is 0.127. The summed E-state index contributed by atoms with van der Waals surface area (Å²) in [6.07, 6.45) is 0. The lowest BCUT2D eigenvalue weighted by molar-refractivity contribution is 1.01. The molecule has 0 fully saturated rings. The van der Waals surface area contributed by atoms with Crippen LogP contribution in [0.3, 0.4) is 0 Å². The lowest BCUT2D eigenvalue weighted by atomic mass is 9.93. The average molecular weight is 649 g/mol. The molecule has 0 aliphatic rings. The zero-order valence-corrected chi connectivity index (χ0v) is 28.5. The molecule has 0 N–H and O–H groups in total. The molecule has 0 aliphatic heterocycles. The van der Waals surface area contributed by atoms with E-state index >= 15 is 0 Å². The van der Waals surface area contributed by atoms with Crippen molar-refractivity contribution in [2.24, 2.45) is 0 Å². The first kappa shape index (κ1) is 30.9. The molecule has 8 aromatic rings. The Morgan fingerprint density at radius 1 is 0.340 bits per heavy atom. The molecule has 0 radical (unpaired) electrons. The molecule has 0 atom stereocenters. The smallest absolute Gasteiger partial charge is 0.235 e. The number of anilines is 6. The fourth-order valence-electron chi connectivity index (χ4n) is 6.88. The summed E-state index contributed by atoms with van der Waals surface area (Å²) < 4.78 is 0. The number of hydrogen-bond donors (Lipinski definition) is 0. The Morgan fingerprint density at radius 3 is 1.18 bits per heavy atom. The second-order valence-electron chi connectivity index (χ2n) is 12.6. The zero-order chi connectivity index (χ0) is 34.2. The van der Waals surface area contributed by atoms with Crippen molar-refractivity contribution in [3.8, 4) is 11.1 Å². The number of para-hydroxylation sites is 2. The molecule has 6 heteroatoms. The molecular weight excluding hydrogens is 613 g/mol. The van der Waals surface area contributed by atoms with E-state index in [1.807, 2.05) is 52.0 Å². The van der Waals surface area contributed by atoms with Crippen LogP contribution in [-0.4, -0.2) is 19.9 Å². The van der Waals surface area contributed by atoms with Crippen LogP contribution in [0.5, 0.6) is 0 Å². The van der Waals surface area contributed by atoms with Gasteiger partial charge in [0.15, 0.2) is 0 Å². The SMILES string of the molecule is Cc1cc(C)nc(N(c2ccccc2)c2c3ccccc3c(N(c3ccccc3)c3nc(C)cc(C)n3)c3cc(-c4ccccc4)ccc23)n1. The van der Waals surface area contributed by atoms with Gasteiger partial charge in [-0.2, -0.15) is 0 Å². The van der Waals surface area contributed by atoms with Crippen LogP contribution in [-0.2, 0) is 0 Å². The van der Waals surface area contributed by atoms with Crippen LogP contribution in [0.2, 0.25) is 0 Å². The third-order valence-corrected chi connectivity index (χ3v) is 8.89. The Balaban J connectivity index is 1.56. The molecule has 0 unspecified atom stereocenters. The van der Waals surface area contributed by atoms with Gasteiger partial charge < -0.3 is 0 Å². The molecule has 0 bridgehead atoms. The number of benzene rings is 6. The molecule has 0 saturated heterocycles. The number of rotatable bonds is 7. The normalized spacial score (nSPS) is 11.2. The first-order valence-electron chi connectivity index (χ1n) is 16.8. The van der Waals surface area contributed by atoms with Gasteiger partial charge in [0.05, 0.1) is 11.4 Å². The molecule has 0 spiro atoms. The van der Waals surface area contributed by atoms with Crippen molar-refractivity contribution >= 4 is 56.2 Å². The minimum absolute atomic E-state index is 0.621. The third-order valence-electron chi connectivity index (χ3n) is 8.89. The molecule has 0 aliphatic carbocycles. The molecule has 50 heavy (non-hydrogen) atoms. The van der Waals surface area contributed by atoms with Crippen LogP contribution in [0.1, 0.15) is 22.8 Å². The van der Waals surface area contributed by atoms with Gasteiger partial charge in [-0.15, -0.1) is 0 Å². The summed E-state index contributed by atoms with van der Waals surface area (Å²) in [5, 5.41) is 4.21. The number of hydrogen-bond acceptors (Lipinski definition) is 6. The maximum atomic E-state index is 5.04. The van der Waals surface area contributed by atoms with Crippen LogP contribution < -0.4 is 9.80 Å². The van der Waals surface area contributed by atoms with E-state index in [1.54, 1.807) is 0 Å². The summed E-state index contributed by atoms with van der Waals surface area (Å²) in [6, 6.07) is 50.7. The standard InChI is InChI=1S/C44H36N6/c1-29-26-30(2)46-43(45-29)49(35-18-10-6-11-19-35)41-37-22-14-15-23-38(37)42(40-28-34(24-25-39(40)41)33-16-8-5-9-17-33)50(36-20-12-7-13-21-36)44-47-31(3)27-32(4)48-44/h5-28H,1-4H3. The molecule has 6 aromatic carbocycles. The molecule has 2 aromatic heterocycles. The van der Waals surface area contributed by atoms with E-state index in [9.17, 15) is 0 Å². The van der Waals surface area contributed by atoms with Gasteiger partial charge in [0.1, 0.15) is 0 Å². The van der Waals surface area contributed by atoms with Gasteiger partial charge in [0.2, 0.25) is 11.9 Å². The summed E-state index contributed by atoms with van der Waals surface area (Å²) in [7, 11) is 0. The van der Waals surface area contributed by atoms with Crippen LogP contribution in [0.4, 0.5) is 34.6 Å². The molecule has 6 nitrogen and oxygen atoms in total. The van der Waals surface area contributed by atoms with E-state index in [-0.39, 0.29) is 0 Å². The van der Waals surface area contributed by atoms with Crippen molar-refractivity contribution in [1.29, 1.82) is 0 Å². The lowest BCUT2D eigenvalue weighted by Crippen LogP contribution is -2.18. The maximum Gasteiger partial charge on any atom is 0.235 e. The second-order valence-corrected chi connectivity index (χ2v) is 12.6. The van der Waals surface area contributed by atoms with Gasteiger partial charge in [-0.25, -0.2) is 19.9 Å². The Hall–Kier alpha value is -6.40. The lowest BCUT2D eigenvalue weighted by Gasteiger charge is -2.31. The Morgan fingerprint density at radius 2 is 0.720 bits per heavy atom. The Bertz CT molecular complexity index is 2440. The van der Waals surface area contributed by atoms with Gasteiger partial charge in [-0.3, -0.25) is 9.80 Å². The average Bonchev–Trinajstić information content (AvgIpc) is 3.13. The topological polar surface area (TPSA) is 58.0 Å². The molecule has 242 valence electrons. The first-order valence-corrected chi connectivity index (χ1v) is 16.8. The summed E-state index contributed by atoms with van der Waals surface area (Å²) in [4.78, 5) is 24.5. The summed E-state index contributed by atoms with van der Waals surface area (Å²) in [5.41, 5.74) is 9.84. The Labute approximate surface area is 292 Å². The first-order chi connectivity index (χ1) is 24.4. The van der Waals surface area contributed by atoms with Gasteiger partial charge in [0, 0.05) is 55.7 Å². The van der Waals surface area contributed by atoms with Crippen molar-refractivity contribution in [2.75, 3.05) is 9.80 Å². The molecule has 2 heterocycles. The molecule has 0 saturated carbocycles. The van der Waals surface area contributed by atoms with E-state index < -0.39 is 0 Å². The van der Waals surface area contributed by atoms with Crippen LogP contribution >= 0.6 is 0 Å². The number of aromatic nitrogens is 4. The molecular formula is C44H36N6. The highest BCUT2D eigenvalue weighted by molar-refractivity contribution is 6.23. The number of aryl methyl sites for hydroxylation is 4. The van der Waals surface area contributed by atoms with Crippen LogP contribution in [0, 0.1) is 27.7 Å². The summed E-state index contributed by atoms with van der Waals surface area (Å²) in [5.74, 6) is 1.24. The minimum atomic E-state index is 0.621. The van der Waals surface area contributed by atoms with E-state index in [0.717, 1.165) is 78.2 Å². The van der Waals surface area contributed by atoms with Crippen molar-refractivity contribution in [3.05, 3.63) is 168 Å². The monoisotopic (exact) mass is 648 g/mol. The van der Waals surface area contributed by atoms with E-state index in [2.05, 4.69) is 131 Å². The van der Waals surface area contributed by atoms with Crippen molar-refractivity contribution in [1.82, 2.24) is 19.9 Å². The largest absolute Gasteiger partial charge is 0.278 e. The highest BCUT2D eigenvalue weighted by Crippen LogP contribution is 2.50. The van der Waals surface area contributed by atoms with Crippen molar-refractivity contribution < 1.29 is 0 Å². The van der Waals surface area contributed by atoms with Crippen molar-refractivity contribution in [3.63, 3.8) is 0 Å². The van der Waals surface area contributed by atoms with Crippen LogP contribution in [0.25, 0.3) is 32.7 Å². The van der Waals surface area contributed by atoms with Gasteiger partial charge in [0.25, 0.3) is 0 Å². The molecule has 8 rings (SSSR count). The molecule has 0 amide bonds.